The molecule has 0 aliphatic carbocycles. The monoisotopic (exact) mass is 249 g/mol. The van der Waals surface area contributed by atoms with E-state index in [4.69, 9.17) is 5.73 Å². The van der Waals surface area contributed by atoms with E-state index in [1.807, 2.05) is 27.7 Å². The average molecular weight is 249 g/mol. The molecule has 0 aliphatic heterocycles. The van der Waals surface area contributed by atoms with Gasteiger partial charge < -0.3 is 10.6 Å². The molecule has 0 saturated heterocycles. The maximum atomic E-state index is 12.3. The average Bonchev–Trinajstić information content (AvgIpc) is 2.28. The number of hydrogen-bond acceptors (Lipinski definition) is 3. The second kappa shape index (κ2) is 5.62. The molecule has 18 heavy (non-hydrogen) atoms. The summed E-state index contributed by atoms with van der Waals surface area (Å²) in [6, 6.07) is 1.64. The Bertz CT molecular complexity index is 447. The third-order valence-corrected chi connectivity index (χ3v) is 2.62. The molecule has 98 valence electrons. The van der Waals surface area contributed by atoms with E-state index in [1.165, 1.54) is 18.5 Å². The number of carbonyl (C=O) groups excluding carboxylic acids is 2. The third-order valence-electron chi connectivity index (χ3n) is 2.62. The van der Waals surface area contributed by atoms with Gasteiger partial charge in [0.15, 0.2) is 0 Å². The van der Waals surface area contributed by atoms with Gasteiger partial charge in [-0.2, -0.15) is 0 Å². The number of pyridine rings is 1. The summed E-state index contributed by atoms with van der Waals surface area (Å²) >= 11 is 0. The Morgan fingerprint density at radius 1 is 1.11 bits per heavy atom. The Morgan fingerprint density at radius 3 is 2.06 bits per heavy atom. The molecule has 0 spiro atoms. The van der Waals surface area contributed by atoms with Crippen molar-refractivity contribution in [2.24, 2.45) is 5.73 Å². The smallest absolute Gasteiger partial charge is 0.255 e. The highest BCUT2D eigenvalue weighted by molar-refractivity contribution is 5.98. The lowest BCUT2D eigenvalue weighted by atomic mass is 10.1. The van der Waals surface area contributed by atoms with E-state index < -0.39 is 5.91 Å². The highest BCUT2D eigenvalue weighted by atomic mass is 16.2. The van der Waals surface area contributed by atoms with Crippen molar-refractivity contribution < 1.29 is 9.59 Å². The largest absolute Gasteiger partial charge is 0.366 e. The van der Waals surface area contributed by atoms with Crippen LogP contribution in [-0.4, -0.2) is 33.8 Å². The van der Waals surface area contributed by atoms with Crippen LogP contribution in [0.15, 0.2) is 18.5 Å². The number of rotatable bonds is 4. The number of primary amides is 1. The fourth-order valence-electron chi connectivity index (χ4n) is 1.91. The van der Waals surface area contributed by atoms with Crippen LogP contribution in [0.1, 0.15) is 48.4 Å². The van der Waals surface area contributed by atoms with Gasteiger partial charge in [0.2, 0.25) is 5.91 Å². The van der Waals surface area contributed by atoms with Gasteiger partial charge in [-0.25, -0.2) is 0 Å². The fourth-order valence-corrected chi connectivity index (χ4v) is 1.91. The zero-order valence-corrected chi connectivity index (χ0v) is 11.2. The molecule has 2 N–H and O–H groups in total. The molecule has 1 aromatic heterocycles. The topological polar surface area (TPSA) is 76.3 Å². The predicted octanol–water partition coefficient (Wildman–Crippen LogP) is 1.44. The van der Waals surface area contributed by atoms with Gasteiger partial charge in [0.1, 0.15) is 0 Å². The summed E-state index contributed by atoms with van der Waals surface area (Å²) in [5.74, 6) is -0.728. The van der Waals surface area contributed by atoms with Gasteiger partial charge in [0, 0.05) is 24.5 Å². The Labute approximate surface area is 107 Å². The van der Waals surface area contributed by atoms with E-state index in [0.717, 1.165) is 0 Å². The number of amides is 2. The standard InChI is InChI=1S/C13H19N3O2/c1-8(2)16(9(3)4)13(18)11-5-10(12(14)17)6-15-7-11/h5-9H,1-4H3,(H2,14,17). The summed E-state index contributed by atoms with van der Waals surface area (Å²) in [6.45, 7) is 7.79. The first-order valence-electron chi connectivity index (χ1n) is 5.92. The summed E-state index contributed by atoms with van der Waals surface area (Å²) in [4.78, 5) is 29.0. The Morgan fingerprint density at radius 2 is 1.61 bits per heavy atom. The van der Waals surface area contributed by atoms with Gasteiger partial charge in [-0.1, -0.05) is 0 Å². The number of aromatic nitrogens is 1. The molecule has 0 fully saturated rings. The molecule has 2 amide bonds. The lowest BCUT2D eigenvalue weighted by Crippen LogP contribution is -2.42. The molecule has 1 rings (SSSR count). The van der Waals surface area contributed by atoms with Crippen LogP contribution in [0.25, 0.3) is 0 Å². The first kappa shape index (κ1) is 14.2. The van der Waals surface area contributed by atoms with E-state index >= 15 is 0 Å². The first-order valence-corrected chi connectivity index (χ1v) is 5.92. The molecule has 0 atom stereocenters. The minimum atomic E-state index is -0.585. The quantitative estimate of drug-likeness (QED) is 0.877. The molecule has 1 aromatic rings. The molecule has 0 radical (unpaired) electrons. The minimum Gasteiger partial charge on any atom is -0.366 e. The first-order chi connectivity index (χ1) is 8.34. The molecule has 5 heteroatoms. The number of nitrogens with two attached hydrogens (primary N) is 1. The molecule has 0 unspecified atom stereocenters. The van der Waals surface area contributed by atoms with Crippen LogP contribution in [0.5, 0.6) is 0 Å². The fraction of sp³-hybridized carbons (Fsp3) is 0.462. The third kappa shape index (κ3) is 3.06. The van der Waals surface area contributed by atoms with Crippen LogP contribution in [0.3, 0.4) is 0 Å². The maximum Gasteiger partial charge on any atom is 0.255 e. The van der Waals surface area contributed by atoms with Gasteiger partial charge in [0.25, 0.3) is 5.91 Å². The van der Waals surface area contributed by atoms with Crippen LogP contribution >= 0.6 is 0 Å². The van der Waals surface area contributed by atoms with E-state index in [0.29, 0.717) is 5.56 Å². The van der Waals surface area contributed by atoms with Gasteiger partial charge in [-0.15, -0.1) is 0 Å². The summed E-state index contributed by atoms with van der Waals surface area (Å²) in [5, 5.41) is 0. The van der Waals surface area contributed by atoms with Crippen LogP contribution in [0.4, 0.5) is 0 Å². The lowest BCUT2D eigenvalue weighted by Gasteiger charge is -2.30. The van der Waals surface area contributed by atoms with Crippen molar-refractivity contribution in [2.75, 3.05) is 0 Å². The SMILES string of the molecule is CC(C)N(C(=O)c1cncc(C(N)=O)c1)C(C)C. The second-order valence-corrected chi connectivity index (χ2v) is 4.73. The molecular formula is C13H19N3O2. The van der Waals surface area contributed by atoms with Crippen molar-refractivity contribution in [1.82, 2.24) is 9.88 Å². The van der Waals surface area contributed by atoms with Crippen molar-refractivity contribution in [1.29, 1.82) is 0 Å². The predicted molar refractivity (Wildman–Crippen MR) is 69.2 cm³/mol. The van der Waals surface area contributed by atoms with E-state index in [9.17, 15) is 9.59 Å². The van der Waals surface area contributed by atoms with Crippen LogP contribution in [-0.2, 0) is 0 Å². The molecular weight excluding hydrogens is 230 g/mol. The van der Waals surface area contributed by atoms with E-state index in [1.54, 1.807) is 4.90 Å². The molecule has 0 bridgehead atoms. The lowest BCUT2D eigenvalue weighted by molar-refractivity contribution is 0.0643. The number of hydrogen-bond donors (Lipinski definition) is 1. The van der Waals surface area contributed by atoms with Crippen LogP contribution in [0.2, 0.25) is 0 Å². The van der Waals surface area contributed by atoms with Crippen LogP contribution in [0, 0.1) is 0 Å². The molecule has 0 aromatic carbocycles. The van der Waals surface area contributed by atoms with Gasteiger partial charge in [0.05, 0.1) is 11.1 Å². The second-order valence-electron chi connectivity index (χ2n) is 4.73. The number of nitrogens with zero attached hydrogens (tertiary/aromatic N) is 2. The zero-order chi connectivity index (χ0) is 13.9. The van der Waals surface area contributed by atoms with Gasteiger partial charge in [-0.05, 0) is 33.8 Å². The van der Waals surface area contributed by atoms with Crippen molar-refractivity contribution in [3.8, 4) is 0 Å². The van der Waals surface area contributed by atoms with Gasteiger partial charge in [-0.3, -0.25) is 14.6 Å². The van der Waals surface area contributed by atoms with Crippen molar-refractivity contribution in [3.63, 3.8) is 0 Å². The van der Waals surface area contributed by atoms with Crippen molar-refractivity contribution in [3.05, 3.63) is 29.6 Å². The number of carbonyl (C=O) groups is 2. The van der Waals surface area contributed by atoms with E-state index in [2.05, 4.69) is 4.98 Å². The molecule has 5 nitrogen and oxygen atoms in total. The Balaban J connectivity index is 3.09. The maximum absolute atomic E-state index is 12.3. The summed E-state index contributed by atoms with van der Waals surface area (Å²) < 4.78 is 0. The normalized spacial score (nSPS) is 10.8. The Kier molecular flexibility index (Phi) is 4.42. The zero-order valence-electron chi connectivity index (χ0n) is 11.2. The van der Waals surface area contributed by atoms with E-state index in [-0.39, 0.29) is 23.6 Å². The highest BCUT2D eigenvalue weighted by Gasteiger charge is 2.22. The molecule has 0 aliphatic rings. The molecule has 0 saturated carbocycles. The Hall–Kier alpha value is -1.91. The summed E-state index contributed by atoms with van der Waals surface area (Å²) in [7, 11) is 0. The van der Waals surface area contributed by atoms with Crippen LogP contribution < -0.4 is 5.73 Å². The molecule has 1 heterocycles. The minimum absolute atomic E-state index is 0.0785. The summed E-state index contributed by atoms with van der Waals surface area (Å²) in [5.41, 5.74) is 5.80. The van der Waals surface area contributed by atoms with Gasteiger partial charge >= 0.3 is 0 Å². The van der Waals surface area contributed by atoms with Crippen molar-refractivity contribution >= 4 is 11.8 Å². The van der Waals surface area contributed by atoms with Crippen molar-refractivity contribution in [2.45, 2.75) is 39.8 Å². The summed E-state index contributed by atoms with van der Waals surface area (Å²) in [6.07, 6.45) is 2.81. The highest BCUT2D eigenvalue weighted by Crippen LogP contribution is 2.12.